The fourth-order valence-electron chi connectivity index (χ4n) is 1.50. The first kappa shape index (κ1) is 11.2. The van der Waals surface area contributed by atoms with Gasteiger partial charge in [-0.25, -0.2) is 4.39 Å². The molecule has 0 aliphatic carbocycles. The molecule has 0 bridgehead atoms. The van der Waals surface area contributed by atoms with Crippen LogP contribution < -0.4 is 0 Å². The molecule has 84 valence electrons. The number of hydrogen-bond donors (Lipinski definition) is 1. The molecule has 16 heavy (non-hydrogen) atoms. The van der Waals surface area contributed by atoms with Gasteiger partial charge in [0.25, 0.3) is 0 Å². The molecule has 0 aliphatic heterocycles. The van der Waals surface area contributed by atoms with E-state index in [0.29, 0.717) is 11.1 Å². The summed E-state index contributed by atoms with van der Waals surface area (Å²) in [5.41, 5.74) is 1.23. The van der Waals surface area contributed by atoms with Crippen molar-refractivity contribution < 1.29 is 13.9 Å². The molecule has 1 heterocycles. The van der Waals surface area contributed by atoms with Gasteiger partial charge in [0.05, 0.1) is 23.7 Å². The molecule has 0 saturated carbocycles. The highest BCUT2D eigenvalue weighted by atomic mass is 35.5. The molecule has 1 aromatic carbocycles. The number of hydrogen-bond acceptors (Lipinski definition) is 2. The first-order chi connectivity index (χ1) is 7.68. The highest BCUT2D eigenvalue weighted by molar-refractivity contribution is 6.31. The molecule has 0 spiro atoms. The van der Waals surface area contributed by atoms with E-state index in [1.54, 1.807) is 18.2 Å². The Morgan fingerprint density at radius 2 is 2.19 bits per heavy atom. The SMILES string of the molecule is OC(Cc1cccc(F)c1Cl)c1ccoc1. The first-order valence-electron chi connectivity index (χ1n) is 4.81. The third-order valence-corrected chi connectivity index (χ3v) is 2.80. The Morgan fingerprint density at radius 1 is 1.38 bits per heavy atom. The normalized spacial score (nSPS) is 12.7. The van der Waals surface area contributed by atoms with E-state index in [9.17, 15) is 9.50 Å². The monoisotopic (exact) mass is 240 g/mol. The predicted molar refractivity (Wildman–Crippen MR) is 58.8 cm³/mol. The van der Waals surface area contributed by atoms with E-state index >= 15 is 0 Å². The van der Waals surface area contributed by atoms with E-state index in [4.69, 9.17) is 16.0 Å². The van der Waals surface area contributed by atoms with Crippen molar-refractivity contribution >= 4 is 11.6 Å². The Labute approximate surface area is 97.3 Å². The summed E-state index contributed by atoms with van der Waals surface area (Å²) in [4.78, 5) is 0. The predicted octanol–water partition coefficient (Wildman–Crippen LogP) is 3.35. The topological polar surface area (TPSA) is 33.4 Å². The molecule has 4 heteroatoms. The Morgan fingerprint density at radius 3 is 2.88 bits per heavy atom. The van der Waals surface area contributed by atoms with E-state index in [2.05, 4.69) is 0 Å². The summed E-state index contributed by atoms with van der Waals surface area (Å²) in [5.74, 6) is -0.474. The Balaban J connectivity index is 2.18. The van der Waals surface area contributed by atoms with Crippen molar-refractivity contribution in [1.29, 1.82) is 0 Å². The molecule has 0 aliphatic rings. The molecular formula is C12H10ClFO2. The second kappa shape index (κ2) is 4.68. The molecular weight excluding hydrogens is 231 g/mol. The Kier molecular flexibility index (Phi) is 3.27. The van der Waals surface area contributed by atoms with Gasteiger partial charge in [-0.1, -0.05) is 23.7 Å². The summed E-state index contributed by atoms with van der Waals surface area (Å²) >= 11 is 5.79. The third-order valence-electron chi connectivity index (χ3n) is 2.37. The number of rotatable bonds is 3. The van der Waals surface area contributed by atoms with Crippen LogP contribution in [0.2, 0.25) is 5.02 Å². The van der Waals surface area contributed by atoms with Crippen molar-refractivity contribution in [2.24, 2.45) is 0 Å². The lowest BCUT2D eigenvalue weighted by Gasteiger charge is -2.10. The van der Waals surface area contributed by atoms with Gasteiger partial charge >= 0.3 is 0 Å². The summed E-state index contributed by atoms with van der Waals surface area (Å²) in [7, 11) is 0. The van der Waals surface area contributed by atoms with Crippen LogP contribution in [0.25, 0.3) is 0 Å². The van der Waals surface area contributed by atoms with Crippen LogP contribution in [0.3, 0.4) is 0 Å². The lowest BCUT2D eigenvalue weighted by Crippen LogP contribution is -2.01. The minimum Gasteiger partial charge on any atom is -0.472 e. The van der Waals surface area contributed by atoms with Gasteiger partial charge in [-0.05, 0) is 17.7 Å². The maximum Gasteiger partial charge on any atom is 0.142 e. The smallest absolute Gasteiger partial charge is 0.142 e. The van der Waals surface area contributed by atoms with Crippen LogP contribution in [-0.4, -0.2) is 5.11 Å². The molecule has 0 radical (unpaired) electrons. The zero-order chi connectivity index (χ0) is 11.5. The summed E-state index contributed by atoms with van der Waals surface area (Å²) in [6, 6.07) is 6.21. The van der Waals surface area contributed by atoms with Gasteiger partial charge in [0, 0.05) is 12.0 Å². The second-order valence-corrected chi connectivity index (χ2v) is 3.87. The molecule has 2 aromatic rings. The highest BCUT2D eigenvalue weighted by Gasteiger charge is 2.13. The number of furan rings is 1. The maximum absolute atomic E-state index is 13.1. The van der Waals surface area contributed by atoms with Crippen LogP contribution in [0, 0.1) is 5.82 Å². The molecule has 1 atom stereocenters. The van der Waals surface area contributed by atoms with Crippen LogP contribution in [0.1, 0.15) is 17.2 Å². The standard InChI is InChI=1S/C12H10ClFO2/c13-12-8(2-1-3-10(12)14)6-11(15)9-4-5-16-7-9/h1-5,7,11,15H,6H2. The minimum absolute atomic E-state index is 0.0602. The molecule has 1 unspecified atom stereocenters. The largest absolute Gasteiger partial charge is 0.472 e. The van der Waals surface area contributed by atoms with Crippen molar-refractivity contribution in [1.82, 2.24) is 0 Å². The first-order valence-corrected chi connectivity index (χ1v) is 5.19. The number of halogens is 2. The van der Waals surface area contributed by atoms with E-state index in [1.165, 1.54) is 18.6 Å². The van der Waals surface area contributed by atoms with E-state index in [1.807, 2.05) is 0 Å². The van der Waals surface area contributed by atoms with Gasteiger partial charge in [0.15, 0.2) is 0 Å². The Bertz CT molecular complexity index is 468. The zero-order valence-corrected chi connectivity index (χ0v) is 9.12. The van der Waals surface area contributed by atoms with Crippen LogP contribution in [0.5, 0.6) is 0 Å². The molecule has 0 saturated heterocycles. The van der Waals surface area contributed by atoms with Crippen molar-refractivity contribution in [2.75, 3.05) is 0 Å². The lowest BCUT2D eigenvalue weighted by atomic mass is 10.0. The highest BCUT2D eigenvalue weighted by Crippen LogP contribution is 2.25. The number of aliphatic hydroxyl groups excluding tert-OH is 1. The molecule has 1 aromatic heterocycles. The van der Waals surface area contributed by atoms with Crippen LogP contribution in [0.4, 0.5) is 4.39 Å². The maximum atomic E-state index is 13.1. The van der Waals surface area contributed by atoms with Crippen LogP contribution >= 0.6 is 11.6 Å². The number of aliphatic hydroxyl groups is 1. The number of benzene rings is 1. The lowest BCUT2D eigenvalue weighted by molar-refractivity contribution is 0.177. The molecule has 2 rings (SSSR count). The molecule has 2 nitrogen and oxygen atoms in total. The average molecular weight is 241 g/mol. The van der Waals surface area contributed by atoms with E-state index in [-0.39, 0.29) is 11.4 Å². The fraction of sp³-hybridized carbons (Fsp3) is 0.167. The summed E-state index contributed by atoms with van der Waals surface area (Å²) < 4.78 is 18.0. The quantitative estimate of drug-likeness (QED) is 0.893. The van der Waals surface area contributed by atoms with Gasteiger partial charge in [0.2, 0.25) is 0 Å². The summed E-state index contributed by atoms with van der Waals surface area (Å²) in [6.45, 7) is 0. The van der Waals surface area contributed by atoms with Crippen LogP contribution in [-0.2, 0) is 6.42 Å². The second-order valence-electron chi connectivity index (χ2n) is 3.49. The van der Waals surface area contributed by atoms with E-state index in [0.717, 1.165) is 0 Å². The average Bonchev–Trinajstić information content (AvgIpc) is 2.78. The van der Waals surface area contributed by atoms with Crippen molar-refractivity contribution in [2.45, 2.75) is 12.5 Å². The molecule has 0 amide bonds. The Hall–Kier alpha value is -1.32. The van der Waals surface area contributed by atoms with Crippen molar-refractivity contribution in [3.8, 4) is 0 Å². The minimum atomic E-state index is -0.738. The van der Waals surface area contributed by atoms with Gasteiger partial charge < -0.3 is 9.52 Å². The van der Waals surface area contributed by atoms with Crippen molar-refractivity contribution in [3.63, 3.8) is 0 Å². The van der Waals surface area contributed by atoms with Crippen LogP contribution in [0.15, 0.2) is 41.2 Å². The fourth-order valence-corrected chi connectivity index (χ4v) is 1.70. The van der Waals surface area contributed by atoms with Crippen molar-refractivity contribution in [3.05, 3.63) is 58.8 Å². The van der Waals surface area contributed by atoms with Gasteiger partial charge in [0.1, 0.15) is 5.82 Å². The van der Waals surface area contributed by atoms with E-state index < -0.39 is 11.9 Å². The zero-order valence-electron chi connectivity index (χ0n) is 8.36. The molecule has 1 N–H and O–H groups in total. The van der Waals surface area contributed by atoms with Gasteiger partial charge in [-0.3, -0.25) is 0 Å². The molecule has 0 fully saturated rings. The van der Waals surface area contributed by atoms with Gasteiger partial charge in [-0.15, -0.1) is 0 Å². The summed E-state index contributed by atoms with van der Waals surface area (Å²) in [6.07, 6.45) is 2.46. The third kappa shape index (κ3) is 2.26. The van der Waals surface area contributed by atoms with Gasteiger partial charge in [-0.2, -0.15) is 0 Å². The summed E-state index contributed by atoms with van der Waals surface area (Å²) in [5, 5.41) is 9.90.